The number of H-pyrrole nitrogens is 1. The van der Waals surface area contributed by atoms with E-state index in [-0.39, 0.29) is 12.0 Å². The lowest BCUT2D eigenvalue weighted by Gasteiger charge is -2.36. The Balaban J connectivity index is 1.70. The van der Waals surface area contributed by atoms with Crippen LogP contribution in [0.25, 0.3) is 0 Å². The van der Waals surface area contributed by atoms with Gasteiger partial charge < -0.3 is 15.4 Å². The lowest BCUT2D eigenvalue weighted by Crippen LogP contribution is -2.56. The van der Waals surface area contributed by atoms with Gasteiger partial charge in [-0.15, -0.1) is 0 Å². The maximum Gasteiger partial charge on any atom is 0.242 e. The Morgan fingerprint density at radius 1 is 1.50 bits per heavy atom. The van der Waals surface area contributed by atoms with Crippen LogP contribution in [0.15, 0.2) is 0 Å². The molecule has 2 fully saturated rings. The second-order valence-electron chi connectivity index (χ2n) is 5.75. The number of aromatic nitrogens is 3. The number of carbonyl (C=O) groups is 1. The molecule has 1 saturated heterocycles. The van der Waals surface area contributed by atoms with Crippen LogP contribution < -0.4 is 5.73 Å². The van der Waals surface area contributed by atoms with Crippen molar-refractivity contribution in [2.75, 3.05) is 19.7 Å². The number of hydrogen-bond donors (Lipinski definition) is 2. The van der Waals surface area contributed by atoms with E-state index in [2.05, 4.69) is 15.2 Å². The van der Waals surface area contributed by atoms with Crippen molar-refractivity contribution >= 4 is 5.91 Å². The van der Waals surface area contributed by atoms with Crippen LogP contribution in [0.2, 0.25) is 0 Å². The van der Waals surface area contributed by atoms with E-state index in [1.165, 1.54) is 0 Å². The monoisotopic (exact) mass is 279 g/mol. The van der Waals surface area contributed by atoms with Crippen LogP contribution in [0.4, 0.5) is 0 Å². The number of nitrogens with one attached hydrogen (secondary N) is 1. The van der Waals surface area contributed by atoms with Crippen molar-refractivity contribution in [3.63, 3.8) is 0 Å². The Labute approximate surface area is 117 Å². The number of nitrogens with two attached hydrogens (primary N) is 1. The zero-order chi connectivity index (χ0) is 14.2. The normalized spacial score (nSPS) is 25.9. The van der Waals surface area contributed by atoms with Crippen LogP contribution in [0, 0.1) is 6.92 Å². The first-order valence-corrected chi connectivity index (χ1v) is 7.17. The van der Waals surface area contributed by atoms with Crippen molar-refractivity contribution in [2.24, 2.45) is 5.73 Å². The van der Waals surface area contributed by atoms with Gasteiger partial charge in [-0.2, -0.15) is 5.10 Å². The summed E-state index contributed by atoms with van der Waals surface area (Å²) in [4.78, 5) is 18.7. The van der Waals surface area contributed by atoms with Gasteiger partial charge in [0.1, 0.15) is 11.9 Å². The molecule has 1 aromatic rings. The van der Waals surface area contributed by atoms with Crippen molar-refractivity contribution in [2.45, 2.75) is 44.2 Å². The maximum absolute atomic E-state index is 12.6. The predicted octanol–water partition coefficient (Wildman–Crippen LogP) is 0.285. The highest BCUT2D eigenvalue weighted by Gasteiger charge is 2.41. The molecule has 7 heteroatoms. The van der Waals surface area contributed by atoms with E-state index < -0.39 is 5.54 Å². The number of aryl methyl sites for hydroxylation is 1. The second-order valence-corrected chi connectivity index (χ2v) is 5.75. The van der Waals surface area contributed by atoms with Gasteiger partial charge in [0.2, 0.25) is 5.91 Å². The van der Waals surface area contributed by atoms with Crippen molar-refractivity contribution in [1.82, 2.24) is 20.1 Å². The molecule has 1 aliphatic heterocycles. The largest absolute Gasteiger partial charge is 0.366 e. The molecule has 1 atom stereocenters. The zero-order valence-corrected chi connectivity index (χ0v) is 11.8. The summed E-state index contributed by atoms with van der Waals surface area (Å²) in [6, 6.07) is 0. The minimum atomic E-state index is -0.670. The van der Waals surface area contributed by atoms with Crippen molar-refractivity contribution in [3.8, 4) is 0 Å². The Hall–Kier alpha value is -1.47. The van der Waals surface area contributed by atoms with Crippen molar-refractivity contribution in [1.29, 1.82) is 0 Å². The highest BCUT2D eigenvalue weighted by molar-refractivity contribution is 5.86. The highest BCUT2D eigenvalue weighted by Crippen LogP contribution is 2.30. The molecule has 3 rings (SSSR count). The first-order valence-electron chi connectivity index (χ1n) is 7.17. The number of hydrogen-bond acceptors (Lipinski definition) is 5. The first-order chi connectivity index (χ1) is 9.58. The van der Waals surface area contributed by atoms with Gasteiger partial charge in [0.15, 0.2) is 5.82 Å². The SMILES string of the molecule is Cc1nc(C2CN(C(=O)C3(N)CCCC3)CCO2)n[nH]1. The summed E-state index contributed by atoms with van der Waals surface area (Å²) in [5.74, 6) is 1.41. The molecular weight excluding hydrogens is 258 g/mol. The molecule has 0 spiro atoms. The van der Waals surface area contributed by atoms with Crippen LogP contribution in [0.5, 0.6) is 0 Å². The first kappa shape index (κ1) is 13.5. The van der Waals surface area contributed by atoms with Crippen molar-refractivity contribution in [3.05, 3.63) is 11.6 Å². The Bertz CT molecular complexity index is 495. The molecule has 0 radical (unpaired) electrons. The van der Waals surface area contributed by atoms with Crippen LogP contribution in [0.3, 0.4) is 0 Å². The summed E-state index contributed by atoms with van der Waals surface area (Å²) in [5, 5.41) is 6.92. The fourth-order valence-corrected chi connectivity index (χ4v) is 3.03. The molecule has 1 amide bonds. The summed E-state index contributed by atoms with van der Waals surface area (Å²) in [6.07, 6.45) is 3.38. The van der Waals surface area contributed by atoms with Gasteiger partial charge in [0.25, 0.3) is 0 Å². The minimum absolute atomic E-state index is 0.0514. The van der Waals surface area contributed by atoms with E-state index in [0.717, 1.165) is 31.5 Å². The molecule has 2 heterocycles. The van der Waals surface area contributed by atoms with E-state index in [4.69, 9.17) is 10.5 Å². The van der Waals surface area contributed by atoms with E-state index in [1.54, 1.807) is 0 Å². The zero-order valence-electron chi connectivity index (χ0n) is 11.8. The summed E-state index contributed by atoms with van der Waals surface area (Å²) in [7, 11) is 0. The molecule has 1 saturated carbocycles. The second kappa shape index (κ2) is 5.14. The van der Waals surface area contributed by atoms with Gasteiger partial charge in [0, 0.05) is 6.54 Å². The molecule has 0 aromatic carbocycles. The van der Waals surface area contributed by atoms with Gasteiger partial charge in [-0.25, -0.2) is 4.98 Å². The van der Waals surface area contributed by atoms with E-state index in [1.807, 2.05) is 11.8 Å². The summed E-state index contributed by atoms with van der Waals surface area (Å²) < 4.78 is 5.67. The fourth-order valence-electron chi connectivity index (χ4n) is 3.03. The average Bonchev–Trinajstić information content (AvgIpc) is 3.08. The minimum Gasteiger partial charge on any atom is -0.366 e. The Morgan fingerprint density at radius 3 is 2.90 bits per heavy atom. The summed E-state index contributed by atoms with van der Waals surface area (Å²) in [6.45, 7) is 3.42. The highest BCUT2D eigenvalue weighted by atomic mass is 16.5. The number of carbonyl (C=O) groups excluding carboxylic acids is 1. The predicted molar refractivity (Wildman–Crippen MR) is 71.8 cm³/mol. The third-order valence-electron chi connectivity index (χ3n) is 4.18. The van der Waals surface area contributed by atoms with Gasteiger partial charge in [-0.05, 0) is 19.8 Å². The van der Waals surface area contributed by atoms with Crippen molar-refractivity contribution < 1.29 is 9.53 Å². The van der Waals surface area contributed by atoms with E-state index >= 15 is 0 Å². The average molecular weight is 279 g/mol. The van der Waals surface area contributed by atoms with Crippen LogP contribution in [-0.4, -0.2) is 51.2 Å². The topological polar surface area (TPSA) is 97.1 Å². The Morgan fingerprint density at radius 2 is 2.25 bits per heavy atom. The standard InChI is InChI=1S/C13H21N5O2/c1-9-15-11(17-16-9)10-8-18(6-7-20-10)12(19)13(14)4-2-3-5-13/h10H,2-8,14H2,1H3,(H,15,16,17). The summed E-state index contributed by atoms with van der Waals surface area (Å²) in [5.41, 5.74) is 5.58. The maximum atomic E-state index is 12.6. The number of amides is 1. The van der Waals surface area contributed by atoms with E-state index in [9.17, 15) is 4.79 Å². The van der Waals surface area contributed by atoms with Gasteiger partial charge >= 0.3 is 0 Å². The number of aromatic amines is 1. The van der Waals surface area contributed by atoms with Crippen LogP contribution >= 0.6 is 0 Å². The quantitative estimate of drug-likeness (QED) is 0.810. The molecule has 1 unspecified atom stereocenters. The van der Waals surface area contributed by atoms with E-state index in [0.29, 0.717) is 25.5 Å². The number of rotatable bonds is 2. The molecule has 110 valence electrons. The molecule has 1 aliphatic carbocycles. The lowest BCUT2D eigenvalue weighted by molar-refractivity contribution is -0.145. The molecule has 1 aromatic heterocycles. The third kappa shape index (κ3) is 2.43. The Kier molecular flexibility index (Phi) is 3.47. The lowest BCUT2D eigenvalue weighted by atomic mass is 9.96. The number of nitrogens with zero attached hydrogens (tertiary/aromatic N) is 3. The molecule has 20 heavy (non-hydrogen) atoms. The summed E-state index contributed by atoms with van der Waals surface area (Å²) >= 11 is 0. The molecule has 3 N–H and O–H groups in total. The smallest absolute Gasteiger partial charge is 0.242 e. The number of ether oxygens (including phenoxy) is 1. The van der Waals surface area contributed by atoms with Gasteiger partial charge in [0.05, 0.1) is 18.7 Å². The fraction of sp³-hybridized carbons (Fsp3) is 0.769. The third-order valence-corrected chi connectivity index (χ3v) is 4.18. The van der Waals surface area contributed by atoms with Gasteiger partial charge in [-0.1, -0.05) is 12.8 Å². The van der Waals surface area contributed by atoms with Crippen LogP contribution in [-0.2, 0) is 9.53 Å². The molecule has 2 aliphatic rings. The molecular formula is C13H21N5O2. The van der Waals surface area contributed by atoms with Crippen LogP contribution in [0.1, 0.15) is 43.4 Å². The number of morpholine rings is 1. The molecule has 7 nitrogen and oxygen atoms in total. The molecule has 0 bridgehead atoms. The van der Waals surface area contributed by atoms with Gasteiger partial charge in [-0.3, -0.25) is 9.89 Å².